The molecule has 0 amide bonds. The van der Waals surface area contributed by atoms with E-state index in [0.29, 0.717) is 5.69 Å². The lowest BCUT2D eigenvalue weighted by Gasteiger charge is -2.26. The van der Waals surface area contributed by atoms with Crippen molar-refractivity contribution < 1.29 is 4.74 Å². The number of hydrogen-bond acceptors (Lipinski definition) is 3. The zero-order valence-electron chi connectivity index (χ0n) is 12.6. The molecule has 1 atom stereocenters. The number of nitrogen functional groups attached to an aromatic ring is 1. The second kappa shape index (κ2) is 6.83. The van der Waals surface area contributed by atoms with Gasteiger partial charge in [0.15, 0.2) is 0 Å². The topological polar surface area (TPSA) is 38.5 Å². The Morgan fingerprint density at radius 2 is 1.95 bits per heavy atom. The first-order valence-electron chi connectivity index (χ1n) is 6.90. The quantitative estimate of drug-likeness (QED) is 0.844. The molecule has 2 rings (SSSR count). The lowest BCUT2D eigenvalue weighted by Crippen LogP contribution is -2.22. The first kappa shape index (κ1) is 15.7. The number of methoxy groups -OCH3 is 1. The molecule has 0 fully saturated rings. The fourth-order valence-electron chi connectivity index (χ4n) is 2.35. The van der Waals surface area contributed by atoms with Gasteiger partial charge in [0.25, 0.3) is 0 Å². The van der Waals surface area contributed by atoms with E-state index < -0.39 is 0 Å². The van der Waals surface area contributed by atoms with E-state index in [0.717, 1.165) is 28.4 Å². The highest BCUT2D eigenvalue weighted by Gasteiger charge is 2.16. The Balaban J connectivity index is 2.18. The summed E-state index contributed by atoms with van der Waals surface area (Å²) in [6.07, 6.45) is 0. The molecular formula is C17H21ClN2O. The summed E-state index contributed by atoms with van der Waals surface area (Å²) in [6.45, 7) is 2.90. The Hall–Kier alpha value is -1.71. The molecule has 0 saturated heterocycles. The molecule has 0 aliphatic carbocycles. The highest BCUT2D eigenvalue weighted by atomic mass is 35.5. The first-order valence-corrected chi connectivity index (χ1v) is 7.27. The van der Waals surface area contributed by atoms with Crippen LogP contribution in [0.25, 0.3) is 0 Å². The average molecular weight is 305 g/mol. The number of ether oxygens (including phenoxy) is 1. The van der Waals surface area contributed by atoms with E-state index in [1.165, 1.54) is 0 Å². The second-order valence-electron chi connectivity index (χ2n) is 5.18. The van der Waals surface area contributed by atoms with Crippen LogP contribution < -0.4 is 10.5 Å². The van der Waals surface area contributed by atoms with Gasteiger partial charge < -0.3 is 10.5 Å². The molecule has 0 heterocycles. The summed E-state index contributed by atoms with van der Waals surface area (Å²) in [5.41, 5.74) is 8.73. The number of hydrogen-bond donors (Lipinski definition) is 1. The maximum Gasteiger partial charge on any atom is 0.125 e. The molecule has 2 aromatic carbocycles. The minimum absolute atomic E-state index is 0.209. The van der Waals surface area contributed by atoms with Crippen LogP contribution in [-0.4, -0.2) is 19.1 Å². The normalized spacial score (nSPS) is 12.4. The Morgan fingerprint density at radius 1 is 1.24 bits per heavy atom. The minimum Gasteiger partial charge on any atom is -0.496 e. The Morgan fingerprint density at radius 3 is 2.62 bits per heavy atom. The van der Waals surface area contributed by atoms with E-state index in [1.54, 1.807) is 7.11 Å². The molecule has 4 heteroatoms. The van der Waals surface area contributed by atoms with Crippen molar-refractivity contribution in [2.75, 3.05) is 19.9 Å². The summed E-state index contributed by atoms with van der Waals surface area (Å²) in [7, 11) is 3.74. The van der Waals surface area contributed by atoms with Crippen molar-refractivity contribution in [2.24, 2.45) is 0 Å². The molecule has 0 aliphatic rings. The summed E-state index contributed by atoms with van der Waals surface area (Å²) in [5.74, 6) is 0.813. The minimum atomic E-state index is 0.209. The van der Waals surface area contributed by atoms with Gasteiger partial charge >= 0.3 is 0 Å². The maximum absolute atomic E-state index is 6.28. The van der Waals surface area contributed by atoms with Crippen molar-refractivity contribution in [1.82, 2.24) is 4.90 Å². The molecule has 0 aliphatic heterocycles. The van der Waals surface area contributed by atoms with Crippen molar-refractivity contribution >= 4 is 17.3 Å². The van der Waals surface area contributed by atoms with Gasteiger partial charge in [-0.05, 0) is 31.7 Å². The summed E-state index contributed by atoms with van der Waals surface area (Å²) in [6, 6.07) is 13.9. The molecule has 3 nitrogen and oxygen atoms in total. The predicted molar refractivity (Wildman–Crippen MR) is 88.7 cm³/mol. The molecular weight excluding hydrogens is 284 g/mol. The number of anilines is 1. The van der Waals surface area contributed by atoms with Gasteiger partial charge in [-0.2, -0.15) is 0 Å². The van der Waals surface area contributed by atoms with E-state index in [1.807, 2.05) is 36.4 Å². The van der Waals surface area contributed by atoms with Crippen LogP contribution in [-0.2, 0) is 6.54 Å². The first-order chi connectivity index (χ1) is 10.0. The molecule has 21 heavy (non-hydrogen) atoms. The van der Waals surface area contributed by atoms with Crippen molar-refractivity contribution in [2.45, 2.75) is 19.5 Å². The van der Waals surface area contributed by atoms with Crippen molar-refractivity contribution in [3.8, 4) is 5.75 Å². The second-order valence-corrected chi connectivity index (χ2v) is 5.59. The van der Waals surface area contributed by atoms with E-state index >= 15 is 0 Å². The number of nitrogens with zero attached hydrogens (tertiary/aromatic N) is 1. The number of nitrogens with two attached hydrogens (primary N) is 1. The van der Waals surface area contributed by atoms with Crippen molar-refractivity contribution in [3.63, 3.8) is 0 Å². The zero-order chi connectivity index (χ0) is 15.4. The zero-order valence-corrected chi connectivity index (χ0v) is 13.4. The molecule has 0 radical (unpaired) electrons. The largest absolute Gasteiger partial charge is 0.496 e. The molecule has 2 aromatic rings. The third-order valence-corrected chi connectivity index (χ3v) is 4.09. The van der Waals surface area contributed by atoms with Crippen LogP contribution in [0.5, 0.6) is 5.75 Å². The fraction of sp³-hybridized carbons (Fsp3) is 0.294. The molecule has 112 valence electrons. The molecule has 0 saturated carbocycles. The maximum atomic E-state index is 6.28. The van der Waals surface area contributed by atoms with Crippen molar-refractivity contribution in [3.05, 3.63) is 58.6 Å². The summed E-state index contributed by atoms with van der Waals surface area (Å²) >= 11 is 6.28. The van der Waals surface area contributed by atoms with E-state index in [4.69, 9.17) is 22.1 Å². The highest BCUT2D eigenvalue weighted by molar-refractivity contribution is 6.31. The monoisotopic (exact) mass is 304 g/mol. The molecule has 2 N–H and O–H groups in total. The van der Waals surface area contributed by atoms with Gasteiger partial charge in [0, 0.05) is 34.9 Å². The molecule has 0 bridgehead atoms. The van der Waals surface area contributed by atoms with Gasteiger partial charge in [-0.25, -0.2) is 0 Å². The lowest BCUT2D eigenvalue weighted by molar-refractivity contribution is 0.249. The SMILES string of the molecule is COc1cc(N)ccc1CN(C)C(C)c1ccccc1Cl. The van der Waals surface area contributed by atoms with E-state index in [2.05, 4.69) is 24.9 Å². The summed E-state index contributed by atoms with van der Waals surface area (Å²) < 4.78 is 5.40. The molecule has 1 unspecified atom stereocenters. The van der Waals surface area contributed by atoms with Gasteiger partial charge in [0.1, 0.15) is 5.75 Å². The van der Waals surface area contributed by atoms with Crippen LogP contribution in [0.1, 0.15) is 24.1 Å². The van der Waals surface area contributed by atoms with Gasteiger partial charge in [-0.15, -0.1) is 0 Å². The summed E-state index contributed by atoms with van der Waals surface area (Å²) in [4.78, 5) is 2.23. The Kier molecular flexibility index (Phi) is 5.10. The lowest BCUT2D eigenvalue weighted by atomic mass is 10.1. The van der Waals surface area contributed by atoms with Crippen LogP contribution in [0.2, 0.25) is 5.02 Å². The smallest absolute Gasteiger partial charge is 0.125 e. The highest BCUT2D eigenvalue weighted by Crippen LogP contribution is 2.29. The number of halogens is 1. The van der Waals surface area contributed by atoms with Crippen LogP contribution in [0.4, 0.5) is 5.69 Å². The third-order valence-electron chi connectivity index (χ3n) is 3.75. The van der Waals surface area contributed by atoms with Crippen LogP contribution >= 0.6 is 11.6 Å². The number of benzene rings is 2. The number of rotatable bonds is 5. The third kappa shape index (κ3) is 3.69. The van der Waals surface area contributed by atoms with Crippen LogP contribution in [0, 0.1) is 0 Å². The Bertz CT molecular complexity index is 615. The summed E-state index contributed by atoms with van der Waals surface area (Å²) in [5, 5.41) is 0.793. The van der Waals surface area contributed by atoms with Gasteiger partial charge in [-0.1, -0.05) is 35.9 Å². The standard InChI is InChI=1S/C17H21ClN2O/c1-12(15-6-4-5-7-16(15)18)20(2)11-13-8-9-14(19)10-17(13)21-3/h4-10,12H,11,19H2,1-3H3. The fourth-order valence-corrected chi connectivity index (χ4v) is 2.64. The average Bonchev–Trinajstić information content (AvgIpc) is 2.48. The van der Waals surface area contributed by atoms with E-state index in [9.17, 15) is 0 Å². The van der Waals surface area contributed by atoms with Gasteiger partial charge in [0.05, 0.1) is 7.11 Å². The van der Waals surface area contributed by atoms with Gasteiger partial charge in [0.2, 0.25) is 0 Å². The Labute approximate surface area is 131 Å². The van der Waals surface area contributed by atoms with Crippen molar-refractivity contribution in [1.29, 1.82) is 0 Å². The van der Waals surface area contributed by atoms with Crippen LogP contribution in [0.3, 0.4) is 0 Å². The molecule has 0 aromatic heterocycles. The van der Waals surface area contributed by atoms with E-state index in [-0.39, 0.29) is 6.04 Å². The predicted octanol–water partition coefficient (Wildman–Crippen LogP) is 4.12. The molecule has 0 spiro atoms. The van der Waals surface area contributed by atoms with Gasteiger partial charge in [-0.3, -0.25) is 4.90 Å². The van der Waals surface area contributed by atoms with Crippen LogP contribution in [0.15, 0.2) is 42.5 Å².